The molecule has 88 valence electrons. The average molecular weight is 259 g/mol. The van der Waals surface area contributed by atoms with Crippen LogP contribution in [0, 0.1) is 0 Å². The molecule has 0 saturated heterocycles. The lowest BCUT2D eigenvalue weighted by Crippen LogP contribution is -2.07. The topological polar surface area (TPSA) is 17.1 Å². The van der Waals surface area contributed by atoms with Crippen LogP contribution in [0.2, 0.25) is 0 Å². The fraction of sp³-hybridized carbons (Fsp3) is 0.462. The number of halogens is 2. The molecule has 1 nitrogen and oxygen atoms in total. The van der Waals surface area contributed by atoms with Gasteiger partial charge in [0.15, 0.2) is 10.6 Å². The molecule has 0 atom stereocenters. The van der Waals surface area contributed by atoms with E-state index in [0.717, 1.165) is 6.42 Å². The van der Waals surface area contributed by atoms with E-state index in [9.17, 15) is 4.79 Å². The van der Waals surface area contributed by atoms with Gasteiger partial charge in [0.25, 0.3) is 0 Å². The number of Topliss-reactive ketones (excluding diaryl/α,β-unsaturated/α-hetero) is 1. The number of benzene rings is 1. The van der Waals surface area contributed by atoms with Gasteiger partial charge in [0.05, 0.1) is 0 Å². The molecule has 0 amide bonds. The number of unbranched alkanes of at least 4 members (excludes halogenated alkanes) is 2. The Kier molecular flexibility index (Phi) is 5.86. The van der Waals surface area contributed by atoms with Gasteiger partial charge in [-0.1, -0.05) is 67.2 Å². The second-order valence-electron chi connectivity index (χ2n) is 3.82. The number of hydrogen-bond donors (Lipinski definition) is 0. The summed E-state index contributed by atoms with van der Waals surface area (Å²) in [5.74, 6) is -0.233. The lowest BCUT2D eigenvalue weighted by atomic mass is 10.0. The smallest absolute Gasteiger partial charge is 0.195 e. The van der Waals surface area contributed by atoms with Gasteiger partial charge >= 0.3 is 0 Å². The van der Waals surface area contributed by atoms with Crippen LogP contribution in [0.1, 0.15) is 42.1 Å². The number of aryl methyl sites for hydroxylation is 1. The second kappa shape index (κ2) is 6.93. The molecule has 0 aliphatic rings. The summed E-state index contributed by atoms with van der Waals surface area (Å²) in [6.45, 7) is 2.18. The van der Waals surface area contributed by atoms with Gasteiger partial charge < -0.3 is 0 Å². The Morgan fingerprint density at radius 2 is 1.81 bits per heavy atom. The molecule has 0 aliphatic carbocycles. The van der Waals surface area contributed by atoms with Gasteiger partial charge in [0.1, 0.15) is 0 Å². The van der Waals surface area contributed by atoms with Gasteiger partial charge in [-0.25, -0.2) is 0 Å². The van der Waals surface area contributed by atoms with Gasteiger partial charge in [-0.3, -0.25) is 4.79 Å². The Bertz CT molecular complexity index is 330. The molecule has 0 spiro atoms. The summed E-state index contributed by atoms with van der Waals surface area (Å²) in [6, 6.07) is 7.53. The summed E-state index contributed by atoms with van der Waals surface area (Å²) < 4.78 is 0. The van der Waals surface area contributed by atoms with Gasteiger partial charge in [0.2, 0.25) is 0 Å². The number of ketones is 1. The summed E-state index contributed by atoms with van der Waals surface area (Å²) in [4.78, 5) is 10.5. The van der Waals surface area contributed by atoms with Crippen molar-refractivity contribution in [3.05, 3.63) is 35.4 Å². The molecule has 1 aromatic carbocycles. The fourth-order valence-electron chi connectivity index (χ4n) is 1.54. The summed E-state index contributed by atoms with van der Waals surface area (Å²) in [5, 5.41) is 0. The number of alkyl halides is 2. The van der Waals surface area contributed by atoms with Gasteiger partial charge in [-0.2, -0.15) is 0 Å². The fourth-order valence-corrected chi connectivity index (χ4v) is 1.79. The van der Waals surface area contributed by atoms with Crippen LogP contribution >= 0.6 is 23.2 Å². The van der Waals surface area contributed by atoms with E-state index in [1.54, 1.807) is 12.1 Å². The Hall–Kier alpha value is -0.530. The van der Waals surface area contributed by atoms with E-state index in [4.69, 9.17) is 23.2 Å². The van der Waals surface area contributed by atoms with Gasteiger partial charge in [-0.15, -0.1) is 0 Å². The van der Waals surface area contributed by atoms with Crippen molar-refractivity contribution in [2.45, 2.75) is 37.4 Å². The first-order chi connectivity index (χ1) is 7.65. The monoisotopic (exact) mass is 258 g/mol. The van der Waals surface area contributed by atoms with E-state index >= 15 is 0 Å². The Morgan fingerprint density at radius 3 is 2.31 bits per heavy atom. The van der Waals surface area contributed by atoms with Crippen LogP contribution in [-0.4, -0.2) is 10.6 Å². The Balaban J connectivity index is 2.57. The van der Waals surface area contributed by atoms with Crippen molar-refractivity contribution >= 4 is 29.0 Å². The van der Waals surface area contributed by atoms with Crippen molar-refractivity contribution in [1.29, 1.82) is 0 Å². The van der Waals surface area contributed by atoms with Crippen LogP contribution in [-0.2, 0) is 6.42 Å². The number of rotatable bonds is 6. The molecule has 0 unspecified atom stereocenters. The van der Waals surface area contributed by atoms with Crippen LogP contribution in [0.5, 0.6) is 0 Å². The molecule has 1 aromatic rings. The average Bonchev–Trinajstić information content (AvgIpc) is 2.29. The summed E-state index contributed by atoms with van der Waals surface area (Å²) in [6.07, 6.45) is 4.72. The molecule has 0 bridgehead atoms. The van der Waals surface area contributed by atoms with Gasteiger partial charge in [0, 0.05) is 5.56 Å². The highest BCUT2D eigenvalue weighted by Crippen LogP contribution is 2.14. The van der Waals surface area contributed by atoms with Crippen LogP contribution in [0.3, 0.4) is 0 Å². The van der Waals surface area contributed by atoms with Crippen LogP contribution in [0.25, 0.3) is 0 Å². The Labute approximate surface area is 107 Å². The SMILES string of the molecule is CCCCCc1ccc(C(=O)C(Cl)Cl)cc1. The lowest BCUT2D eigenvalue weighted by Gasteiger charge is -2.03. The van der Waals surface area contributed by atoms with E-state index < -0.39 is 4.84 Å². The molecule has 0 radical (unpaired) electrons. The van der Waals surface area contributed by atoms with Gasteiger partial charge in [-0.05, 0) is 18.4 Å². The van der Waals surface area contributed by atoms with Crippen molar-refractivity contribution in [1.82, 2.24) is 0 Å². The number of carbonyl (C=O) groups excluding carboxylic acids is 1. The first-order valence-corrected chi connectivity index (χ1v) is 6.43. The highest BCUT2D eigenvalue weighted by Gasteiger charge is 2.13. The van der Waals surface area contributed by atoms with E-state index in [1.165, 1.54) is 24.8 Å². The second-order valence-corrected chi connectivity index (χ2v) is 4.92. The van der Waals surface area contributed by atoms with E-state index in [-0.39, 0.29) is 5.78 Å². The molecule has 0 fully saturated rings. The molecule has 0 heterocycles. The quantitative estimate of drug-likeness (QED) is 0.420. The molecule has 0 aromatic heterocycles. The zero-order chi connectivity index (χ0) is 12.0. The van der Waals surface area contributed by atoms with Crippen molar-refractivity contribution in [2.75, 3.05) is 0 Å². The molecule has 0 aliphatic heterocycles. The minimum absolute atomic E-state index is 0.233. The maximum Gasteiger partial charge on any atom is 0.195 e. The molecule has 3 heteroatoms. The predicted octanol–water partition coefficient (Wildman–Crippen LogP) is 4.41. The van der Waals surface area contributed by atoms with Crippen molar-refractivity contribution < 1.29 is 4.79 Å². The number of hydrogen-bond acceptors (Lipinski definition) is 1. The number of carbonyl (C=O) groups is 1. The molecular formula is C13H16Cl2O. The molecule has 1 rings (SSSR count). The molecule has 16 heavy (non-hydrogen) atoms. The van der Waals surface area contributed by atoms with Crippen LogP contribution in [0.15, 0.2) is 24.3 Å². The largest absolute Gasteiger partial charge is 0.291 e. The minimum atomic E-state index is -0.967. The predicted molar refractivity (Wildman–Crippen MR) is 69.5 cm³/mol. The molecular weight excluding hydrogens is 243 g/mol. The van der Waals surface area contributed by atoms with E-state index in [1.807, 2.05) is 12.1 Å². The molecule has 0 N–H and O–H groups in total. The third-order valence-corrected chi connectivity index (χ3v) is 2.90. The maximum atomic E-state index is 11.5. The lowest BCUT2D eigenvalue weighted by molar-refractivity contribution is 0.101. The first kappa shape index (κ1) is 13.5. The highest BCUT2D eigenvalue weighted by molar-refractivity contribution is 6.55. The minimum Gasteiger partial charge on any atom is -0.291 e. The zero-order valence-electron chi connectivity index (χ0n) is 9.38. The summed E-state index contributed by atoms with van der Waals surface area (Å²) in [5.41, 5.74) is 1.83. The third kappa shape index (κ3) is 4.15. The normalized spacial score (nSPS) is 10.8. The van der Waals surface area contributed by atoms with Crippen molar-refractivity contribution in [3.63, 3.8) is 0 Å². The highest BCUT2D eigenvalue weighted by atomic mass is 35.5. The zero-order valence-corrected chi connectivity index (χ0v) is 10.9. The molecule has 0 saturated carbocycles. The first-order valence-electron chi connectivity index (χ1n) is 5.56. The summed E-state index contributed by atoms with van der Waals surface area (Å²) >= 11 is 11.0. The van der Waals surface area contributed by atoms with E-state index in [2.05, 4.69) is 6.92 Å². The maximum absolute atomic E-state index is 11.5. The third-order valence-electron chi connectivity index (χ3n) is 2.51. The van der Waals surface area contributed by atoms with Crippen molar-refractivity contribution in [3.8, 4) is 0 Å². The Morgan fingerprint density at radius 1 is 1.19 bits per heavy atom. The van der Waals surface area contributed by atoms with Crippen LogP contribution in [0.4, 0.5) is 0 Å². The van der Waals surface area contributed by atoms with Crippen LogP contribution < -0.4 is 0 Å². The standard InChI is InChI=1S/C13H16Cl2O/c1-2-3-4-5-10-6-8-11(9-7-10)12(16)13(14)15/h6-9,13H,2-5H2,1H3. The van der Waals surface area contributed by atoms with Crippen molar-refractivity contribution in [2.24, 2.45) is 0 Å². The van der Waals surface area contributed by atoms with E-state index in [0.29, 0.717) is 5.56 Å². The summed E-state index contributed by atoms with van der Waals surface area (Å²) in [7, 11) is 0.